The van der Waals surface area contributed by atoms with Gasteiger partial charge in [0.1, 0.15) is 0 Å². The molecule has 0 aliphatic heterocycles. The summed E-state index contributed by atoms with van der Waals surface area (Å²) in [6, 6.07) is 0. The zero-order valence-corrected chi connectivity index (χ0v) is 10.4. The van der Waals surface area contributed by atoms with Crippen LogP contribution >= 0.6 is 11.6 Å². The van der Waals surface area contributed by atoms with E-state index in [0.29, 0.717) is 0 Å². The molecule has 0 heterocycles. The molecule has 0 aromatic carbocycles. The van der Waals surface area contributed by atoms with Crippen molar-refractivity contribution in [2.24, 2.45) is 11.8 Å². The summed E-state index contributed by atoms with van der Waals surface area (Å²) < 4.78 is 0. The molecule has 0 aromatic rings. The summed E-state index contributed by atoms with van der Waals surface area (Å²) in [6.07, 6.45) is 12.7. The van der Waals surface area contributed by atoms with Crippen LogP contribution in [0.15, 0.2) is 0 Å². The third-order valence-electron chi connectivity index (χ3n) is 3.69. The molecule has 0 bridgehead atoms. The van der Waals surface area contributed by atoms with Gasteiger partial charge in [0.05, 0.1) is 0 Å². The molecule has 1 atom stereocenters. The van der Waals surface area contributed by atoms with Gasteiger partial charge in [-0.25, -0.2) is 0 Å². The molecular weight excluding hydrogens is 192 g/mol. The predicted molar refractivity (Wildman–Crippen MR) is 64.9 cm³/mol. The fourth-order valence-corrected chi connectivity index (χ4v) is 3.11. The minimum atomic E-state index is 0.830. The van der Waals surface area contributed by atoms with Gasteiger partial charge >= 0.3 is 0 Å². The molecule has 1 fully saturated rings. The first kappa shape index (κ1) is 12.4. The van der Waals surface area contributed by atoms with Gasteiger partial charge in [0.15, 0.2) is 0 Å². The lowest BCUT2D eigenvalue weighted by atomic mass is 9.88. The zero-order valence-electron chi connectivity index (χ0n) is 9.60. The number of rotatable bonds is 7. The van der Waals surface area contributed by atoms with E-state index in [0.717, 1.165) is 17.7 Å². The normalized spacial score (nSPS) is 20.1. The second kappa shape index (κ2) is 7.56. The van der Waals surface area contributed by atoms with Crippen molar-refractivity contribution >= 4 is 11.6 Å². The summed E-state index contributed by atoms with van der Waals surface area (Å²) in [7, 11) is 0. The lowest BCUT2D eigenvalue weighted by Crippen LogP contribution is -2.13. The van der Waals surface area contributed by atoms with Crippen LogP contribution in [0.1, 0.15) is 64.7 Å². The second-order valence-electron chi connectivity index (χ2n) is 4.81. The quantitative estimate of drug-likeness (QED) is 0.415. The van der Waals surface area contributed by atoms with E-state index >= 15 is 0 Å². The largest absolute Gasteiger partial charge is 0.126 e. The van der Waals surface area contributed by atoms with Gasteiger partial charge in [-0.15, -0.1) is 11.6 Å². The molecule has 0 nitrogen and oxygen atoms in total. The van der Waals surface area contributed by atoms with Crippen molar-refractivity contribution in [3.63, 3.8) is 0 Å². The molecule has 1 heteroatoms. The van der Waals surface area contributed by atoms with Crippen molar-refractivity contribution in [1.82, 2.24) is 0 Å². The molecule has 1 aliphatic rings. The summed E-state index contributed by atoms with van der Waals surface area (Å²) in [5.41, 5.74) is 0. The average molecular weight is 217 g/mol. The Labute approximate surface area is 94.4 Å². The number of halogens is 1. The molecule has 0 saturated heterocycles. The van der Waals surface area contributed by atoms with Gasteiger partial charge in [-0.1, -0.05) is 58.3 Å². The molecule has 1 rings (SSSR count). The van der Waals surface area contributed by atoms with E-state index in [9.17, 15) is 0 Å². The molecule has 0 radical (unpaired) electrons. The Bertz CT molecular complexity index is 127. The van der Waals surface area contributed by atoms with Crippen LogP contribution in [0.4, 0.5) is 0 Å². The van der Waals surface area contributed by atoms with Crippen LogP contribution in [0.2, 0.25) is 0 Å². The highest BCUT2D eigenvalue weighted by Crippen LogP contribution is 2.34. The monoisotopic (exact) mass is 216 g/mol. The van der Waals surface area contributed by atoms with Gasteiger partial charge in [0, 0.05) is 5.88 Å². The van der Waals surface area contributed by atoms with Crippen molar-refractivity contribution in [3.8, 4) is 0 Å². The van der Waals surface area contributed by atoms with E-state index in [1.807, 2.05) is 0 Å². The van der Waals surface area contributed by atoms with Gasteiger partial charge in [0.2, 0.25) is 0 Å². The fourth-order valence-electron chi connectivity index (χ4n) is 2.70. The fraction of sp³-hybridized carbons (Fsp3) is 1.00. The van der Waals surface area contributed by atoms with Gasteiger partial charge in [0.25, 0.3) is 0 Å². The Hall–Kier alpha value is 0.290. The van der Waals surface area contributed by atoms with Gasteiger partial charge < -0.3 is 0 Å². The topological polar surface area (TPSA) is 0 Å². The van der Waals surface area contributed by atoms with E-state index in [1.54, 1.807) is 0 Å². The first-order chi connectivity index (χ1) is 6.88. The first-order valence-corrected chi connectivity index (χ1v) is 6.98. The van der Waals surface area contributed by atoms with E-state index in [4.69, 9.17) is 11.6 Å². The molecule has 14 heavy (non-hydrogen) atoms. The van der Waals surface area contributed by atoms with Crippen LogP contribution in [0.3, 0.4) is 0 Å². The Morgan fingerprint density at radius 1 is 1.14 bits per heavy atom. The van der Waals surface area contributed by atoms with Gasteiger partial charge in [-0.3, -0.25) is 0 Å². The standard InChI is InChI=1S/C13H25Cl/c1-2-3-4-5-10-13(11-14)12-8-6-7-9-12/h12-13H,2-11H2,1H3. The molecule has 1 unspecified atom stereocenters. The maximum absolute atomic E-state index is 6.06. The maximum atomic E-state index is 6.06. The summed E-state index contributed by atoms with van der Waals surface area (Å²) in [4.78, 5) is 0. The van der Waals surface area contributed by atoms with Crippen molar-refractivity contribution in [3.05, 3.63) is 0 Å². The second-order valence-corrected chi connectivity index (χ2v) is 5.12. The third kappa shape index (κ3) is 4.21. The lowest BCUT2D eigenvalue weighted by Gasteiger charge is -2.20. The van der Waals surface area contributed by atoms with Gasteiger partial charge in [-0.05, 0) is 18.3 Å². The molecule has 1 saturated carbocycles. The Morgan fingerprint density at radius 2 is 1.86 bits per heavy atom. The highest BCUT2D eigenvalue weighted by Gasteiger charge is 2.23. The molecular formula is C13H25Cl. The number of hydrogen-bond donors (Lipinski definition) is 0. The summed E-state index contributed by atoms with van der Waals surface area (Å²) in [5, 5.41) is 0. The SMILES string of the molecule is CCCCCCC(CCl)C1CCCC1. The molecule has 0 aromatic heterocycles. The lowest BCUT2D eigenvalue weighted by molar-refractivity contribution is 0.338. The Balaban J connectivity index is 2.11. The van der Waals surface area contributed by atoms with Crippen molar-refractivity contribution in [2.75, 3.05) is 5.88 Å². The van der Waals surface area contributed by atoms with E-state index in [1.165, 1.54) is 57.8 Å². The number of unbranched alkanes of at least 4 members (excludes halogenated alkanes) is 3. The molecule has 1 aliphatic carbocycles. The number of alkyl halides is 1. The average Bonchev–Trinajstić information content (AvgIpc) is 2.71. The van der Waals surface area contributed by atoms with Gasteiger partial charge in [-0.2, -0.15) is 0 Å². The zero-order chi connectivity index (χ0) is 10.2. The van der Waals surface area contributed by atoms with Crippen LogP contribution in [-0.4, -0.2) is 5.88 Å². The van der Waals surface area contributed by atoms with Crippen LogP contribution in [-0.2, 0) is 0 Å². The maximum Gasteiger partial charge on any atom is 0.0254 e. The number of hydrogen-bond acceptors (Lipinski definition) is 0. The van der Waals surface area contributed by atoms with Crippen LogP contribution < -0.4 is 0 Å². The van der Waals surface area contributed by atoms with E-state index < -0.39 is 0 Å². The van der Waals surface area contributed by atoms with Crippen molar-refractivity contribution < 1.29 is 0 Å². The molecule has 0 spiro atoms. The summed E-state index contributed by atoms with van der Waals surface area (Å²) in [5.74, 6) is 2.70. The molecule has 0 N–H and O–H groups in total. The highest BCUT2D eigenvalue weighted by atomic mass is 35.5. The molecule has 84 valence electrons. The van der Waals surface area contributed by atoms with Crippen LogP contribution in [0.5, 0.6) is 0 Å². The predicted octanol–water partition coefficient (Wildman–Crippen LogP) is 5.00. The van der Waals surface area contributed by atoms with Crippen LogP contribution in [0.25, 0.3) is 0 Å². The Kier molecular flexibility index (Phi) is 6.68. The van der Waals surface area contributed by atoms with E-state index in [2.05, 4.69) is 6.92 Å². The third-order valence-corrected chi connectivity index (χ3v) is 4.09. The Morgan fingerprint density at radius 3 is 2.43 bits per heavy atom. The summed E-state index contributed by atoms with van der Waals surface area (Å²) in [6.45, 7) is 2.27. The minimum absolute atomic E-state index is 0.830. The highest BCUT2D eigenvalue weighted by molar-refractivity contribution is 6.18. The molecule has 0 amide bonds. The first-order valence-electron chi connectivity index (χ1n) is 6.44. The van der Waals surface area contributed by atoms with E-state index in [-0.39, 0.29) is 0 Å². The van der Waals surface area contributed by atoms with Crippen molar-refractivity contribution in [2.45, 2.75) is 64.7 Å². The van der Waals surface area contributed by atoms with Crippen molar-refractivity contribution in [1.29, 1.82) is 0 Å². The minimum Gasteiger partial charge on any atom is -0.126 e. The smallest absolute Gasteiger partial charge is 0.0254 e. The summed E-state index contributed by atoms with van der Waals surface area (Å²) >= 11 is 6.06. The van der Waals surface area contributed by atoms with Crippen LogP contribution in [0, 0.1) is 11.8 Å².